The van der Waals surface area contributed by atoms with Crippen molar-refractivity contribution < 1.29 is 13.2 Å². The third-order valence-corrected chi connectivity index (χ3v) is 4.19. The first-order valence-corrected chi connectivity index (χ1v) is 7.49. The molecule has 0 amide bonds. The van der Waals surface area contributed by atoms with Gasteiger partial charge in [-0.2, -0.15) is 0 Å². The molecule has 0 saturated carbocycles. The molecule has 20 heavy (non-hydrogen) atoms. The first-order chi connectivity index (χ1) is 9.56. The predicted octanol–water partition coefficient (Wildman–Crippen LogP) is 2.54. The molecule has 2 aromatic rings. The van der Waals surface area contributed by atoms with Gasteiger partial charge in [-0.15, -0.1) is 0 Å². The third kappa shape index (κ3) is 3.03. The Morgan fingerprint density at radius 1 is 1.00 bits per heavy atom. The van der Waals surface area contributed by atoms with Crippen molar-refractivity contribution in [3.63, 3.8) is 0 Å². The number of methoxy groups -OCH3 is 1. The molecule has 0 aliphatic rings. The van der Waals surface area contributed by atoms with Crippen molar-refractivity contribution in [1.82, 2.24) is 0 Å². The summed E-state index contributed by atoms with van der Waals surface area (Å²) >= 11 is 0. The molecule has 0 atom stereocenters. The number of ether oxygens (including phenoxy) is 1. The van der Waals surface area contributed by atoms with Crippen LogP contribution in [0.4, 0.5) is 11.4 Å². The Hall–Kier alpha value is -2.21. The third-order valence-electron chi connectivity index (χ3n) is 2.80. The fourth-order valence-corrected chi connectivity index (χ4v) is 2.80. The van der Waals surface area contributed by atoms with E-state index in [-0.39, 0.29) is 4.90 Å². The van der Waals surface area contributed by atoms with Crippen molar-refractivity contribution in [3.05, 3.63) is 48.5 Å². The molecule has 0 unspecified atom stereocenters. The number of rotatable bonds is 5. The lowest BCUT2D eigenvalue weighted by Gasteiger charge is -2.11. The van der Waals surface area contributed by atoms with Gasteiger partial charge in [0.15, 0.2) is 0 Å². The van der Waals surface area contributed by atoms with Crippen LogP contribution in [-0.4, -0.2) is 22.6 Å². The molecule has 0 saturated heterocycles. The Morgan fingerprint density at radius 2 is 1.65 bits per heavy atom. The number of anilines is 2. The van der Waals surface area contributed by atoms with Crippen LogP contribution in [0, 0.1) is 0 Å². The van der Waals surface area contributed by atoms with Crippen LogP contribution in [0.15, 0.2) is 53.4 Å². The first-order valence-electron chi connectivity index (χ1n) is 6.00. The van der Waals surface area contributed by atoms with Crippen molar-refractivity contribution in [2.75, 3.05) is 24.2 Å². The normalized spacial score (nSPS) is 10.9. The fraction of sp³-hybridized carbons (Fsp3) is 0.143. The van der Waals surface area contributed by atoms with Gasteiger partial charge in [0.25, 0.3) is 10.0 Å². The fourth-order valence-electron chi connectivity index (χ4n) is 1.73. The van der Waals surface area contributed by atoms with Gasteiger partial charge in [0.05, 0.1) is 17.7 Å². The molecule has 2 aromatic carbocycles. The van der Waals surface area contributed by atoms with E-state index in [1.54, 1.807) is 55.6 Å². The number of hydrogen-bond acceptors (Lipinski definition) is 4. The molecule has 0 aromatic heterocycles. The van der Waals surface area contributed by atoms with E-state index in [1.807, 2.05) is 0 Å². The van der Waals surface area contributed by atoms with Crippen LogP contribution in [0.25, 0.3) is 0 Å². The first kappa shape index (κ1) is 14.2. The van der Waals surface area contributed by atoms with Crippen molar-refractivity contribution in [3.8, 4) is 5.75 Å². The molecule has 0 spiro atoms. The van der Waals surface area contributed by atoms with Gasteiger partial charge in [0, 0.05) is 12.7 Å². The molecule has 0 aliphatic carbocycles. The highest BCUT2D eigenvalue weighted by Gasteiger charge is 2.15. The summed E-state index contributed by atoms with van der Waals surface area (Å²) in [6.45, 7) is 0. The number of para-hydroxylation sites is 2. The standard InChI is InChI=1S/C14H16N2O3S/c1-15-11-7-9-12(10-8-11)20(17,18)16-13-5-3-4-6-14(13)19-2/h3-10,15-16H,1-2H3. The molecule has 6 heteroatoms. The second-order valence-electron chi connectivity index (χ2n) is 4.08. The lowest BCUT2D eigenvalue weighted by molar-refractivity contribution is 0.417. The lowest BCUT2D eigenvalue weighted by atomic mass is 10.3. The summed E-state index contributed by atoms with van der Waals surface area (Å²) in [6.07, 6.45) is 0. The van der Waals surface area contributed by atoms with Gasteiger partial charge in [-0.3, -0.25) is 4.72 Å². The minimum Gasteiger partial charge on any atom is -0.495 e. The maximum atomic E-state index is 12.3. The summed E-state index contributed by atoms with van der Waals surface area (Å²) in [7, 11) is -0.359. The number of nitrogens with one attached hydrogen (secondary N) is 2. The lowest BCUT2D eigenvalue weighted by Crippen LogP contribution is -2.13. The van der Waals surface area contributed by atoms with Gasteiger partial charge >= 0.3 is 0 Å². The Balaban J connectivity index is 2.30. The number of benzene rings is 2. The second kappa shape index (κ2) is 5.83. The summed E-state index contributed by atoms with van der Waals surface area (Å²) in [5, 5.41) is 2.94. The van der Waals surface area contributed by atoms with Crippen molar-refractivity contribution in [2.45, 2.75) is 4.90 Å². The van der Waals surface area contributed by atoms with Crippen LogP contribution in [0.5, 0.6) is 5.75 Å². The highest BCUT2D eigenvalue weighted by molar-refractivity contribution is 7.92. The van der Waals surface area contributed by atoms with E-state index in [2.05, 4.69) is 10.0 Å². The van der Waals surface area contributed by atoms with E-state index < -0.39 is 10.0 Å². The van der Waals surface area contributed by atoms with Crippen LogP contribution >= 0.6 is 0 Å². The van der Waals surface area contributed by atoms with Gasteiger partial charge in [-0.25, -0.2) is 8.42 Å². The van der Waals surface area contributed by atoms with Gasteiger partial charge < -0.3 is 10.1 Å². The summed E-state index contributed by atoms with van der Waals surface area (Å²) in [5.74, 6) is 0.475. The smallest absolute Gasteiger partial charge is 0.262 e. The highest BCUT2D eigenvalue weighted by Crippen LogP contribution is 2.26. The largest absolute Gasteiger partial charge is 0.495 e. The van der Waals surface area contributed by atoms with Crippen LogP contribution < -0.4 is 14.8 Å². The zero-order chi connectivity index (χ0) is 14.6. The molecular formula is C14H16N2O3S. The van der Waals surface area contributed by atoms with Gasteiger partial charge in [-0.1, -0.05) is 12.1 Å². The molecule has 5 nitrogen and oxygen atoms in total. The van der Waals surface area contributed by atoms with Crippen LogP contribution in [0.2, 0.25) is 0 Å². The predicted molar refractivity (Wildman–Crippen MR) is 79.8 cm³/mol. The van der Waals surface area contributed by atoms with E-state index in [0.29, 0.717) is 11.4 Å². The molecular weight excluding hydrogens is 276 g/mol. The zero-order valence-corrected chi connectivity index (χ0v) is 12.1. The van der Waals surface area contributed by atoms with E-state index in [0.717, 1.165) is 5.69 Å². The van der Waals surface area contributed by atoms with Gasteiger partial charge in [-0.05, 0) is 36.4 Å². The van der Waals surface area contributed by atoms with E-state index in [1.165, 1.54) is 7.11 Å². The topological polar surface area (TPSA) is 67.4 Å². The minimum absolute atomic E-state index is 0.197. The Kier molecular flexibility index (Phi) is 4.14. The number of sulfonamides is 1. The monoisotopic (exact) mass is 292 g/mol. The van der Waals surface area contributed by atoms with E-state index in [4.69, 9.17) is 4.74 Å². The second-order valence-corrected chi connectivity index (χ2v) is 5.76. The average molecular weight is 292 g/mol. The van der Waals surface area contributed by atoms with Crippen molar-refractivity contribution >= 4 is 21.4 Å². The summed E-state index contributed by atoms with van der Waals surface area (Å²) in [4.78, 5) is 0.197. The molecule has 0 heterocycles. The van der Waals surface area contributed by atoms with Crippen molar-refractivity contribution in [1.29, 1.82) is 0 Å². The number of hydrogen-bond donors (Lipinski definition) is 2. The summed E-state index contributed by atoms with van der Waals surface area (Å²) in [6, 6.07) is 13.4. The molecule has 0 aliphatic heterocycles. The summed E-state index contributed by atoms with van der Waals surface area (Å²) < 4.78 is 32.2. The molecule has 0 radical (unpaired) electrons. The van der Waals surface area contributed by atoms with Gasteiger partial charge in [0.1, 0.15) is 5.75 Å². The van der Waals surface area contributed by atoms with E-state index >= 15 is 0 Å². The zero-order valence-electron chi connectivity index (χ0n) is 11.3. The quantitative estimate of drug-likeness (QED) is 0.888. The van der Waals surface area contributed by atoms with Gasteiger partial charge in [0.2, 0.25) is 0 Å². The Morgan fingerprint density at radius 3 is 2.25 bits per heavy atom. The van der Waals surface area contributed by atoms with Crippen LogP contribution in [0.3, 0.4) is 0 Å². The maximum Gasteiger partial charge on any atom is 0.262 e. The molecule has 2 rings (SSSR count). The highest BCUT2D eigenvalue weighted by atomic mass is 32.2. The van der Waals surface area contributed by atoms with Crippen molar-refractivity contribution in [2.24, 2.45) is 0 Å². The Labute approximate surface area is 118 Å². The average Bonchev–Trinajstić information content (AvgIpc) is 2.47. The van der Waals surface area contributed by atoms with Crippen LogP contribution in [-0.2, 0) is 10.0 Å². The summed E-state index contributed by atoms with van der Waals surface area (Å²) in [5.41, 5.74) is 1.26. The molecule has 2 N–H and O–H groups in total. The minimum atomic E-state index is -3.63. The molecule has 106 valence electrons. The van der Waals surface area contributed by atoms with E-state index in [9.17, 15) is 8.42 Å². The molecule has 0 bridgehead atoms. The SMILES string of the molecule is CNc1ccc(S(=O)(=O)Nc2ccccc2OC)cc1. The Bertz CT molecular complexity index is 682. The van der Waals surface area contributed by atoms with Crippen LogP contribution in [0.1, 0.15) is 0 Å². The molecule has 0 fully saturated rings. The maximum absolute atomic E-state index is 12.3.